The summed E-state index contributed by atoms with van der Waals surface area (Å²) < 4.78 is 6.23. The van der Waals surface area contributed by atoms with E-state index in [2.05, 4.69) is 10.3 Å². The van der Waals surface area contributed by atoms with Crippen molar-refractivity contribution in [3.8, 4) is 5.75 Å². The number of aromatic nitrogens is 1. The molecule has 0 saturated carbocycles. The highest BCUT2D eigenvalue weighted by molar-refractivity contribution is 7.22. The van der Waals surface area contributed by atoms with Crippen LogP contribution in [0.2, 0.25) is 0 Å². The summed E-state index contributed by atoms with van der Waals surface area (Å²) in [7, 11) is 0. The van der Waals surface area contributed by atoms with Crippen LogP contribution in [0.4, 0.5) is 10.8 Å². The highest BCUT2D eigenvalue weighted by Gasteiger charge is 2.15. The zero-order valence-corrected chi connectivity index (χ0v) is 13.5. The summed E-state index contributed by atoms with van der Waals surface area (Å²) in [5, 5.41) is 14.0. The van der Waals surface area contributed by atoms with Crippen molar-refractivity contribution in [3.63, 3.8) is 0 Å². The van der Waals surface area contributed by atoms with E-state index in [1.165, 1.54) is 29.5 Å². The Morgan fingerprint density at radius 1 is 1.33 bits per heavy atom. The first kappa shape index (κ1) is 15.9. The molecule has 0 saturated heterocycles. The predicted molar refractivity (Wildman–Crippen MR) is 91.6 cm³/mol. The molecule has 3 aromatic rings. The van der Waals surface area contributed by atoms with Gasteiger partial charge in [0, 0.05) is 6.07 Å². The van der Waals surface area contributed by atoms with Gasteiger partial charge in [0.25, 0.3) is 5.91 Å². The van der Waals surface area contributed by atoms with Crippen molar-refractivity contribution in [1.29, 1.82) is 0 Å². The van der Waals surface area contributed by atoms with Crippen LogP contribution in [0.5, 0.6) is 5.75 Å². The number of rotatable bonds is 5. The van der Waals surface area contributed by atoms with Gasteiger partial charge in [-0.1, -0.05) is 29.5 Å². The number of fused-ring (bicyclic) bond motifs is 1. The van der Waals surface area contributed by atoms with E-state index in [0.29, 0.717) is 5.13 Å². The fourth-order valence-corrected chi connectivity index (χ4v) is 3.09. The number of hydrogen-bond acceptors (Lipinski definition) is 6. The summed E-state index contributed by atoms with van der Waals surface area (Å²) in [5.41, 5.74) is 1.74. The maximum absolute atomic E-state index is 12.0. The van der Waals surface area contributed by atoms with E-state index in [0.717, 1.165) is 15.8 Å². The number of carbonyl (C=O) groups excluding carboxylic acids is 1. The number of para-hydroxylation sites is 2. The second-order valence-electron chi connectivity index (χ2n) is 5.05. The molecule has 1 amide bonds. The van der Waals surface area contributed by atoms with Crippen LogP contribution in [-0.2, 0) is 4.79 Å². The quantitative estimate of drug-likeness (QED) is 0.565. The molecule has 24 heavy (non-hydrogen) atoms. The SMILES string of the molecule is Cc1ccc2nc(NC(=O)COc3ccccc3[N+](=O)[O-])sc2c1. The van der Waals surface area contributed by atoms with Gasteiger partial charge in [-0.3, -0.25) is 20.2 Å². The van der Waals surface area contributed by atoms with Crippen molar-refractivity contribution in [1.82, 2.24) is 4.98 Å². The van der Waals surface area contributed by atoms with E-state index in [1.54, 1.807) is 6.07 Å². The number of benzene rings is 2. The van der Waals surface area contributed by atoms with Crippen LogP contribution in [0.1, 0.15) is 5.56 Å². The minimum atomic E-state index is -0.552. The Hall–Kier alpha value is -3.00. The van der Waals surface area contributed by atoms with Crippen LogP contribution in [0, 0.1) is 17.0 Å². The first-order valence-electron chi connectivity index (χ1n) is 7.06. The van der Waals surface area contributed by atoms with Crippen LogP contribution in [0.3, 0.4) is 0 Å². The minimum Gasteiger partial charge on any atom is -0.477 e. The molecule has 0 spiro atoms. The Labute approximate surface area is 141 Å². The number of nitrogens with one attached hydrogen (secondary N) is 1. The Kier molecular flexibility index (Phi) is 4.39. The van der Waals surface area contributed by atoms with Gasteiger partial charge in [-0.15, -0.1) is 0 Å². The maximum Gasteiger partial charge on any atom is 0.310 e. The molecule has 0 fully saturated rings. The lowest BCUT2D eigenvalue weighted by molar-refractivity contribution is -0.385. The second-order valence-corrected chi connectivity index (χ2v) is 6.08. The Morgan fingerprint density at radius 2 is 2.12 bits per heavy atom. The number of aryl methyl sites for hydroxylation is 1. The van der Waals surface area contributed by atoms with E-state index in [4.69, 9.17) is 4.74 Å². The molecule has 122 valence electrons. The smallest absolute Gasteiger partial charge is 0.310 e. The lowest BCUT2D eigenvalue weighted by Crippen LogP contribution is -2.20. The van der Waals surface area contributed by atoms with E-state index >= 15 is 0 Å². The van der Waals surface area contributed by atoms with Crippen LogP contribution in [0.15, 0.2) is 42.5 Å². The van der Waals surface area contributed by atoms with Crippen molar-refractivity contribution in [2.75, 3.05) is 11.9 Å². The molecule has 7 nitrogen and oxygen atoms in total. The first-order chi connectivity index (χ1) is 11.5. The molecule has 1 aromatic heterocycles. The number of carbonyl (C=O) groups is 1. The molecule has 0 aliphatic heterocycles. The number of nitro groups is 1. The topological polar surface area (TPSA) is 94.4 Å². The third-order valence-electron chi connectivity index (χ3n) is 3.21. The average Bonchev–Trinajstić information content (AvgIpc) is 2.94. The van der Waals surface area contributed by atoms with Gasteiger partial charge in [-0.25, -0.2) is 4.98 Å². The highest BCUT2D eigenvalue weighted by atomic mass is 32.1. The number of amides is 1. The zero-order valence-electron chi connectivity index (χ0n) is 12.7. The number of nitrogens with zero attached hydrogens (tertiary/aromatic N) is 2. The predicted octanol–water partition coefficient (Wildman–Crippen LogP) is 3.53. The monoisotopic (exact) mass is 343 g/mol. The van der Waals surface area contributed by atoms with Gasteiger partial charge < -0.3 is 4.74 Å². The molecule has 0 radical (unpaired) electrons. The molecule has 0 bridgehead atoms. The molecule has 0 unspecified atom stereocenters. The maximum atomic E-state index is 12.0. The van der Waals surface area contributed by atoms with Crippen molar-refractivity contribution in [2.24, 2.45) is 0 Å². The van der Waals surface area contributed by atoms with E-state index in [1.807, 2.05) is 25.1 Å². The van der Waals surface area contributed by atoms with Gasteiger partial charge in [-0.2, -0.15) is 0 Å². The summed E-state index contributed by atoms with van der Waals surface area (Å²) in [5.74, 6) is -0.374. The van der Waals surface area contributed by atoms with Gasteiger partial charge in [0.15, 0.2) is 17.5 Å². The standard InChI is InChI=1S/C16H13N3O4S/c1-10-6-7-11-14(8-10)24-16(17-11)18-15(20)9-23-13-5-3-2-4-12(13)19(21)22/h2-8H,9H2,1H3,(H,17,18,20). The van der Waals surface area contributed by atoms with Crippen LogP contribution < -0.4 is 10.1 Å². The van der Waals surface area contributed by atoms with Crippen molar-refractivity contribution >= 4 is 38.3 Å². The van der Waals surface area contributed by atoms with Crippen molar-refractivity contribution < 1.29 is 14.5 Å². The van der Waals surface area contributed by atoms with Crippen LogP contribution in [0.25, 0.3) is 10.2 Å². The Balaban J connectivity index is 1.66. The average molecular weight is 343 g/mol. The minimum absolute atomic E-state index is 0.0533. The fourth-order valence-electron chi connectivity index (χ4n) is 2.11. The number of ether oxygens (including phenoxy) is 1. The number of thiazole rings is 1. The summed E-state index contributed by atoms with van der Waals surface area (Å²) in [4.78, 5) is 26.6. The van der Waals surface area contributed by atoms with Gasteiger partial charge in [0.1, 0.15) is 0 Å². The van der Waals surface area contributed by atoms with Gasteiger partial charge >= 0.3 is 5.69 Å². The van der Waals surface area contributed by atoms with Gasteiger partial charge in [-0.05, 0) is 30.7 Å². The molecule has 0 aliphatic carbocycles. The number of hydrogen-bond donors (Lipinski definition) is 1. The number of nitro benzene ring substituents is 1. The largest absolute Gasteiger partial charge is 0.477 e. The molecule has 0 aliphatic rings. The van der Waals surface area contributed by atoms with E-state index in [9.17, 15) is 14.9 Å². The third-order valence-corrected chi connectivity index (χ3v) is 4.14. The molecule has 3 rings (SSSR count). The highest BCUT2D eigenvalue weighted by Crippen LogP contribution is 2.27. The summed E-state index contributed by atoms with van der Waals surface area (Å²) >= 11 is 1.36. The normalized spacial score (nSPS) is 10.5. The molecule has 2 aromatic carbocycles. The summed E-state index contributed by atoms with van der Waals surface area (Å²) in [6.07, 6.45) is 0. The molecule has 1 heterocycles. The van der Waals surface area contributed by atoms with Gasteiger partial charge in [0.2, 0.25) is 0 Å². The Bertz CT molecular complexity index is 923. The van der Waals surface area contributed by atoms with E-state index in [-0.39, 0.29) is 18.0 Å². The molecule has 1 N–H and O–H groups in total. The lowest BCUT2D eigenvalue weighted by Gasteiger charge is -2.05. The lowest BCUT2D eigenvalue weighted by atomic mass is 10.2. The number of anilines is 1. The molecule has 0 atom stereocenters. The van der Waals surface area contributed by atoms with Crippen LogP contribution >= 0.6 is 11.3 Å². The summed E-state index contributed by atoms with van der Waals surface area (Å²) in [6.45, 7) is 1.65. The molecular weight excluding hydrogens is 330 g/mol. The third kappa shape index (κ3) is 3.49. The first-order valence-corrected chi connectivity index (χ1v) is 7.88. The zero-order chi connectivity index (χ0) is 17.1. The van der Waals surface area contributed by atoms with Crippen LogP contribution in [-0.4, -0.2) is 22.4 Å². The fraction of sp³-hybridized carbons (Fsp3) is 0.125. The second kappa shape index (κ2) is 6.63. The van der Waals surface area contributed by atoms with Gasteiger partial charge in [0.05, 0.1) is 15.1 Å². The van der Waals surface area contributed by atoms with Crippen molar-refractivity contribution in [2.45, 2.75) is 6.92 Å². The Morgan fingerprint density at radius 3 is 2.92 bits per heavy atom. The molecular formula is C16H13N3O4S. The summed E-state index contributed by atoms with van der Waals surface area (Å²) in [6, 6.07) is 11.7. The van der Waals surface area contributed by atoms with E-state index < -0.39 is 10.8 Å². The van der Waals surface area contributed by atoms with Crippen molar-refractivity contribution in [3.05, 3.63) is 58.1 Å². The molecule has 8 heteroatoms.